The summed E-state index contributed by atoms with van der Waals surface area (Å²) >= 11 is 12.7. The van der Waals surface area contributed by atoms with Crippen molar-refractivity contribution >= 4 is 34.8 Å². The number of hydrogen-bond acceptors (Lipinski definition) is 2. The van der Waals surface area contributed by atoms with Gasteiger partial charge in [0.25, 0.3) is 0 Å². The van der Waals surface area contributed by atoms with E-state index < -0.39 is 0 Å². The third-order valence-electron chi connectivity index (χ3n) is 4.39. The summed E-state index contributed by atoms with van der Waals surface area (Å²) in [5.41, 5.74) is 4.27. The number of likely N-dealkylation sites (N-methyl/N-ethyl adjacent to an activating group) is 1. The quantitative estimate of drug-likeness (QED) is 0.840. The largest absolute Gasteiger partial charge is 0.326 e. The van der Waals surface area contributed by atoms with E-state index in [1.54, 1.807) is 6.07 Å². The van der Waals surface area contributed by atoms with E-state index in [1.165, 1.54) is 5.56 Å². The van der Waals surface area contributed by atoms with Crippen molar-refractivity contribution in [1.82, 2.24) is 4.90 Å². The van der Waals surface area contributed by atoms with Crippen LogP contribution in [-0.4, -0.2) is 24.4 Å². The van der Waals surface area contributed by atoms with E-state index in [9.17, 15) is 4.79 Å². The molecular weight excluding hydrogens is 343 g/mol. The van der Waals surface area contributed by atoms with Crippen molar-refractivity contribution in [2.75, 3.05) is 18.9 Å². The van der Waals surface area contributed by atoms with Crippen molar-refractivity contribution in [1.29, 1.82) is 0 Å². The minimum Gasteiger partial charge on any atom is -0.326 e. The van der Waals surface area contributed by atoms with Crippen LogP contribution in [0.15, 0.2) is 36.4 Å². The summed E-state index contributed by atoms with van der Waals surface area (Å²) in [5, 5.41) is 4.29. The van der Waals surface area contributed by atoms with Gasteiger partial charge in [-0.2, -0.15) is 0 Å². The molecule has 1 heterocycles. The van der Waals surface area contributed by atoms with Crippen LogP contribution in [0.4, 0.5) is 5.69 Å². The Morgan fingerprint density at radius 3 is 2.83 bits per heavy atom. The van der Waals surface area contributed by atoms with E-state index in [0.29, 0.717) is 16.5 Å². The lowest BCUT2D eigenvalue weighted by atomic mass is 9.84. The third-order valence-corrected chi connectivity index (χ3v) is 4.94. The van der Waals surface area contributed by atoms with Crippen LogP contribution in [0.25, 0.3) is 0 Å². The van der Waals surface area contributed by atoms with Gasteiger partial charge in [-0.1, -0.05) is 42.3 Å². The van der Waals surface area contributed by atoms with Crippen LogP contribution in [0.3, 0.4) is 0 Å². The Labute approximate surface area is 152 Å². The van der Waals surface area contributed by atoms with Crippen molar-refractivity contribution in [3.63, 3.8) is 0 Å². The summed E-state index contributed by atoms with van der Waals surface area (Å²) in [6, 6.07) is 11.8. The minimum atomic E-state index is 0.0133. The zero-order valence-electron chi connectivity index (χ0n) is 13.8. The summed E-state index contributed by atoms with van der Waals surface area (Å²) in [7, 11) is 2.09. The maximum absolute atomic E-state index is 11.7. The van der Waals surface area contributed by atoms with Gasteiger partial charge in [0.05, 0.1) is 0 Å². The van der Waals surface area contributed by atoms with E-state index in [1.807, 2.05) is 31.2 Å². The van der Waals surface area contributed by atoms with Crippen LogP contribution in [0.1, 0.15) is 36.0 Å². The average molecular weight is 363 g/mol. The van der Waals surface area contributed by atoms with Gasteiger partial charge >= 0.3 is 0 Å². The number of amides is 1. The summed E-state index contributed by atoms with van der Waals surface area (Å²) in [6.45, 7) is 3.54. The van der Waals surface area contributed by atoms with E-state index in [0.717, 1.165) is 29.9 Å². The second-order valence-corrected chi connectivity index (χ2v) is 7.08. The molecule has 0 bridgehead atoms. The highest BCUT2D eigenvalue weighted by atomic mass is 35.5. The second-order valence-electron chi connectivity index (χ2n) is 6.23. The first-order valence-corrected chi connectivity index (χ1v) is 8.79. The molecule has 1 aliphatic rings. The molecule has 1 aliphatic heterocycles. The van der Waals surface area contributed by atoms with Gasteiger partial charge in [-0.05, 0) is 48.0 Å². The molecule has 0 fully saturated rings. The molecule has 0 saturated carbocycles. The number of anilines is 1. The summed E-state index contributed by atoms with van der Waals surface area (Å²) in [4.78, 5) is 13.9. The van der Waals surface area contributed by atoms with Crippen LogP contribution in [0, 0.1) is 0 Å². The molecule has 0 aliphatic carbocycles. The van der Waals surface area contributed by atoms with Gasteiger partial charge in [-0.3, -0.25) is 4.79 Å². The Morgan fingerprint density at radius 2 is 2.08 bits per heavy atom. The smallest absolute Gasteiger partial charge is 0.224 e. The molecule has 3 nitrogen and oxygen atoms in total. The Morgan fingerprint density at radius 1 is 1.29 bits per heavy atom. The Kier molecular flexibility index (Phi) is 5.14. The number of benzene rings is 2. The van der Waals surface area contributed by atoms with Gasteiger partial charge in [-0.25, -0.2) is 0 Å². The monoisotopic (exact) mass is 362 g/mol. The van der Waals surface area contributed by atoms with Crippen LogP contribution >= 0.6 is 23.2 Å². The lowest BCUT2D eigenvalue weighted by Crippen LogP contribution is -2.31. The number of fused-ring (bicyclic) bond motifs is 1. The predicted molar refractivity (Wildman–Crippen MR) is 100 cm³/mol. The van der Waals surface area contributed by atoms with Gasteiger partial charge in [0.1, 0.15) is 0 Å². The number of carbonyl (C=O) groups is 1. The molecular formula is C19H20Cl2N2O. The number of nitrogens with one attached hydrogen (secondary N) is 1. The number of carbonyl (C=O) groups excluding carboxylic acids is 1. The van der Waals surface area contributed by atoms with Crippen molar-refractivity contribution in [3.05, 3.63) is 63.1 Å². The normalized spacial score (nSPS) is 17.4. The predicted octanol–water partition coefficient (Wildman–Crippen LogP) is 4.92. The number of halogens is 2. The fourth-order valence-corrected chi connectivity index (χ4v) is 3.78. The summed E-state index contributed by atoms with van der Waals surface area (Å²) in [5.74, 6) is 0.188. The maximum Gasteiger partial charge on any atom is 0.224 e. The fourth-order valence-electron chi connectivity index (χ4n) is 3.21. The van der Waals surface area contributed by atoms with Crippen LogP contribution in [0.5, 0.6) is 0 Å². The lowest BCUT2D eigenvalue weighted by Gasteiger charge is -2.33. The first-order valence-electron chi connectivity index (χ1n) is 8.04. The Hall–Kier alpha value is -1.55. The molecule has 2 aromatic rings. The molecule has 2 aromatic carbocycles. The summed E-state index contributed by atoms with van der Waals surface area (Å²) in [6.07, 6.45) is 0.463. The molecule has 1 atom stereocenters. The van der Waals surface area contributed by atoms with Gasteiger partial charge in [0.2, 0.25) is 5.91 Å². The molecule has 0 spiro atoms. The molecule has 5 heteroatoms. The molecule has 126 valence electrons. The van der Waals surface area contributed by atoms with Crippen LogP contribution < -0.4 is 5.32 Å². The summed E-state index contributed by atoms with van der Waals surface area (Å²) < 4.78 is 0. The minimum absolute atomic E-state index is 0.0133. The first-order chi connectivity index (χ1) is 11.5. The molecule has 0 radical (unpaired) electrons. The number of hydrogen-bond donors (Lipinski definition) is 1. The lowest BCUT2D eigenvalue weighted by molar-refractivity contribution is -0.115. The maximum atomic E-state index is 11.7. The van der Waals surface area contributed by atoms with Gasteiger partial charge in [-0.15, -0.1) is 0 Å². The van der Waals surface area contributed by atoms with Gasteiger partial charge < -0.3 is 10.2 Å². The zero-order valence-corrected chi connectivity index (χ0v) is 15.3. The number of nitrogens with zero attached hydrogens (tertiary/aromatic N) is 1. The third kappa shape index (κ3) is 3.59. The highest BCUT2D eigenvalue weighted by Crippen LogP contribution is 2.38. The molecule has 0 saturated heterocycles. The van der Waals surface area contributed by atoms with Gasteiger partial charge in [0, 0.05) is 41.2 Å². The average Bonchev–Trinajstić information content (AvgIpc) is 2.55. The number of rotatable bonds is 3. The topological polar surface area (TPSA) is 32.3 Å². The van der Waals surface area contributed by atoms with Crippen molar-refractivity contribution in [2.45, 2.75) is 25.8 Å². The first kappa shape index (κ1) is 17.3. The van der Waals surface area contributed by atoms with E-state index in [4.69, 9.17) is 23.2 Å². The second kappa shape index (κ2) is 7.14. The van der Waals surface area contributed by atoms with Crippen LogP contribution in [-0.2, 0) is 11.3 Å². The molecule has 24 heavy (non-hydrogen) atoms. The molecule has 1 unspecified atom stereocenters. The van der Waals surface area contributed by atoms with E-state index in [2.05, 4.69) is 23.3 Å². The van der Waals surface area contributed by atoms with E-state index in [-0.39, 0.29) is 11.8 Å². The van der Waals surface area contributed by atoms with Crippen molar-refractivity contribution in [3.8, 4) is 0 Å². The molecule has 1 amide bonds. The van der Waals surface area contributed by atoms with Crippen LogP contribution in [0.2, 0.25) is 10.0 Å². The SMILES string of the molecule is CCC(=O)Nc1cccc(C2CN(C)Cc3c(Cl)cc(Cl)cc32)c1. The molecule has 0 aromatic heterocycles. The van der Waals surface area contributed by atoms with Crippen molar-refractivity contribution in [2.24, 2.45) is 0 Å². The zero-order chi connectivity index (χ0) is 17.3. The highest BCUT2D eigenvalue weighted by Gasteiger charge is 2.27. The van der Waals surface area contributed by atoms with Gasteiger partial charge in [0.15, 0.2) is 0 Å². The molecule has 3 rings (SSSR count). The van der Waals surface area contributed by atoms with E-state index >= 15 is 0 Å². The standard InChI is InChI=1S/C19H20Cl2N2O/c1-3-19(24)22-14-6-4-5-12(7-14)16-10-23(2)11-17-15(16)8-13(20)9-18(17)21/h4-9,16H,3,10-11H2,1-2H3,(H,22,24). The Bertz CT molecular complexity index is 776. The highest BCUT2D eigenvalue weighted by molar-refractivity contribution is 6.35. The fraction of sp³-hybridized carbons (Fsp3) is 0.316. The Balaban J connectivity index is 2.01. The van der Waals surface area contributed by atoms with Crippen molar-refractivity contribution < 1.29 is 4.79 Å². The molecule has 1 N–H and O–H groups in total.